The standard InChI is InChI=1S/2C6H11NS2.Co/c2*8-6(9)7-4-2-1-3-5-7;/h2*1-5H2,(H,8,9);/q;;+2/p-2. The van der Waals surface area contributed by atoms with Crippen molar-refractivity contribution in [3.8, 4) is 0 Å². The maximum absolute atomic E-state index is 4.86. The van der Waals surface area contributed by atoms with Crippen molar-refractivity contribution in [1.82, 2.24) is 9.80 Å². The Morgan fingerprint density at radius 2 is 0.895 bits per heavy atom. The SMILES string of the molecule is S=C([S-])N1CCCCC1.S=C([S-])N1CCCCC1.[Co+2]. The third-order valence-electron chi connectivity index (χ3n) is 3.23. The number of rotatable bonds is 0. The predicted octanol–water partition coefficient (Wildman–Crippen LogP) is 2.61. The van der Waals surface area contributed by atoms with Crippen LogP contribution in [0.2, 0.25) is 0 Å². The maximum atomic E-state index is 4.86. The molecule has 0 N–H and O–H groups in total. The van der Waals surface area contributed by atoms with Crippen molar-refractivity contribution in [1.29, 1.82) is 0 Å². The van der Waals surface area contributed by atoms with Crippen LogP contribution in [0.1, 0.15) is 38.5 Å². The van der Waals surface area contributed by atoms with Crippen molar-refractivity contribution in [3.63, 3.8) is 0 Å². The van der Waals surface area contributed by atoms with Crippen LogP contribution in [-0.2, 0) is 42.0 Å². The normalized spacial score (nSPS) is 18.7. The van der Waals surface area contributed by atoms with Crippen LogP contribution in [0.4, 0.5) is 0 Å². The summed E-state index contributed by atoms with van der Waals surface area (Å²) in [5.74, 6) is 0. The number of hydrogen-bond acceptors (Lipinski definition) is 4. The van der Waals surface area contributed by atoms with Crippen LogP contribution < -0.4 is 0 Å². The molecular formula is C12H20CoN2S4. The van der Waals surface area contributed by atoms with Gasteiger partial charge in [-0.1, -0.05) is 8.64 Å². The van der Waals surface area contributed by atoms with Crippen LogP contribution in [0, 0.1) is 0 Å². The fourth-order valence-corrected chi connectivity index (χ4v) is 2.88. The molecule has 2 saturated heterocycles. The van der Waals surface area contributed by atoms with Crippen LogP contribution in [0.15, 0.2) is 0 Å². The molecule has 2 aliphatic heterocycles. The van der Waals surface area contributed by atoms with Gasteiger partial charge in [0.05, 0.1) is 0 Å². The van der Waals surface area contributed by atoms with Gasteiger partial charge in [-0.3, -0.25) is 0 Å². The minimum absolute atomic E-state index is 0. The maximum Gasteiger partial charge on any atom is 2.00 e. The first kappa shape index (κ1) is 19.7. The molecule has 0 amide bonds. The van der Waals surface area contributed by atoms with Gasteiger partial charge in [0.15, 0.2) is 0 Å². The number of hydrogen-bond donors (Lipinski definition) is 0. The van der Waals surface area contributed by atoms with Crippen LogP contribution in [0.3, 0.4) is 0 Å². The molecule has 0 spiro atoms. The third-order valence-corrected chi connectivity index (χ3v) is 4.26. The van der Waals surface area contributed by atoms with Gasteiger partial charge in [-0.25, -0.2) is 0 Å². The summed E-state index contributed by atoms with van der Waals surface area (Å²) in [5, 5.41) is 0. The Balaban J connectivity index is 0.000000324. The Morgan fingerprint density at radius 3 is 1.05 bits per heavy atom. The van der Waals surface area contributed by atoms with Gasteiger partial charge in [0.1, 0.15) is 0 Å². The summed E-state index contributed by atoms with van der Waals surface area (Å²) in [7, 11) is 0. The van der Waals surface area contributed by atoms with Gasteiger partial charge in [-0.15, -0.1) is 0 Å². The van der Waals surface area contributed by atoms with Gasteiger partial charge >= 0.3 is 16.8 Å². The Kier molecular flexibility index (Phi) is 11.8. The topological polar surface area (TPSA) is 6.48 Å². The first-order chi connectivity index (χ1) is 8.61. The van der Waals surface area contributed by atoms with Gasteiger partial charge < -0.3 is 59.5 Å². The minimum Gasteiger partial charge on any atom is -0.411 e. The molecule has 2 rings (SSSR count). The van der Waals surface area contributed by atoms with Gasteiger partial charge in [-0.2, -0.15) is 0 Å². The molecule has 0 aromatic carbocycles. The first-order valence-electron chi connectivity index (χ1n) is 6.53. The van der Waals surface area contributed by atoms with Crippen LogP contribution in [-0.4, -0.2) is 44.6 Å². The molecule has 111 valence electrons. The summed E-state index contributed by atoms with van der Waals surface area (Å²) >= 11 is 19.4. The average molecular weight is 380 g/mol. The Hall–Kier alpha value is 0.726. The first-order valence-corrected chi connectivity index (χ1v) is 8.16. The van der Waals surface area contributed by atoms with Crippen LogP contribution in [0.5, 0.6) is 0 Å². The van der Waals surface area contributed by atoms with E-state index in [1.165, 1.54) is 38.5 Å². The van der Waals surface area contributed by atoms with E-state index < -0.39 is 0 Å². The molecule has 2 aliphatic rings. The van der Waals surface area contributed by atoms with Gasteiger partial charge in [0.25, 0.3) is 0 Å². The summed E-state index contributed by atoms with van der Waals surface area (Å²) in [5.41, 5.74) is 0. The van der Waals surface area contributed by atoms with Crippen molar-refractivity contribution in [2.75, 3.05) is 26.2 Å². The number of piperidine rings is 2. The fraction of sp³-hybridized carbons (Fsp3) is 0.833. The average Bonchev–Trinajstić information content (AvgIpc) is 2.41. The molecule has 0 atom stereocenters. The van der Waals surface area contributed by atoms with Crippen molar-refractivity contribution in [3.05, 3.63) is 0 Å². The number of nitrogens with zero attached hydrogens (tertiary/aromatic N) is 2. The molecule has 2 fully saturated rings. The second-order valence-corrected chi connectivity index (χ2v) is 6.69. The minimum atomic E-state index is 0. The second kappa shape index (κ2) is 11.4. The van der Waals surface area contributed by atoms with Crippen molar-refractivity contribution in [2.24, 2.45) is 0 Å². The Labute approximate surface area is 149 Å². The predicted molar refractivity (Wildman–Crippen MR) is 90.8 cm³/mol. The monoisotopic (exact) mass is 379 g/mol. The van der Waals surface area contributed by atoms with E-state index >= 15 is 0 Å². The summed E-state index contributed by atoms with van der Waals surface area (Å²) < 4.78 is 1.30. The Bertz CT molecular complexity index is 249. The summed E-state index contributed by atoms with van der Waals surface area (Å²) in [4.78, 5) is 4.21. The molecule has 2 heterocycles. The van der Waals surface area contributed by atoms with Crippen LogP contribution in [0.25, 0.3) is 0 Å². The van der Waals surface area contributed by atoms with Crippen LogP contribution >= 0.6 is 24.4 Å². The molecule has 0 unspecified atom stereocenters. The van der Waals surface area contributed by atoms with E-state index in [-0.39, 0.29) is 16.8 Å². The third kappa shape index (κ3) is 8.57. The van der Waals surface area contributed by atoms with E-state index in [1.807, 2.05) is 0 Å². The summed E-state index contributed by atoms with van der Waals surface area (Å²) in [6.07, 6.45) is 7.73. The number of likely N-dealkylation sites (tertiary alicyclic amines) is 2. The molecular weight excluding hydrogens is 359 g/mol. The van der Waals surface area contributed by atoms with Gasteiger partial charge in [0.2, 0.25) is 0 Å². The molecule has 2 nitrogen and oxygen atoms in total. The van der Waals surface area contributed by atoms with E-state index in [4.69, 9.17) is 49.7 Å². The van der Waals surface area contributed by atoms with Gasteiger partial charge in [-0.05, 0) is 38.5 Å². The zero-order valence-electron chi connectivity index (χ0n) is 10.9. The molecule has 7 heteroatoms. The van der Waals surface area contributed by atoms with E-state index in [2.05, 4.69) is 9.80 Å². The smallest absolute Gasteiger partial charge is 0.411 e. The quantitative estimate of drug-likeness (QED) is 0.468. The van der Waals surface area contributed by atoms with Crippen molar-refractivity contribution < 1.29 is 16.8 Å². The van der Waals surface area contributed by atoms with Crippen molar-refractivity contribution >= 4 is 58.3 Å². The largest absolute Gasteiger partial charge is 2.00 e. The van der Waals surface area contributed by atoms with E-state index in [0.29, 0.717) is 8.64 Å². The molecule has 0 bridgehead atoms. The van der Waals surface area contributed by atoms with E-state index in [9.17, 15) is 0 Å². The summed E-state index contributed by atoms with van der Waals surface area (Å²) in [6, 6.07) is 0. The molecule has 0 aliphatic carbocycles. The molecule has 19 heavy (non-hydrogen) atoms. The van der Waals surface area contributed by atoms with Crippen molar-refractivity contribution in [2.45, 2.75) is 38.5 Å². The van der Waals surface area contributed by atoms with E-state index in [0.717, 1.165) is 26.2 Å². The fourth-order valence-electron chi connectivity index (χ4n) is 2.15. The van der Waals surface area contributed by atoms with E-state index in [1.54, 1.807) is 0 Å². The molecule has 0 saturated carbocycles. The second-order valence-electron chi connectivity index (χ2n) is 4.63. The molecule has 0 aromatic rings. The molecule has 1 radical (unpaired) electrons. The zero-order chi connectivity index (χ0) is 13.4. The Morgan fingerprint density at radius 1 is 0.632 bits per heavy atom. The van der Waals surface area contributed by atoms with Gasteiger partial charge in [0, 0.05) is 26.2 Å². The number of thiocarbonyl (C=S) groups is 2. The zero-order valence-corrected chi connectivity index (χ0v) is 15.2. The summed E-state index contributed by atoms with van der Waals surface area (Å²) in [6.45, 7) is 4.34. The molecule has 0 aromatic heterocycles.